The fourth-order valence-corrected chi connectivity index (χ4v) is 1.67. The summed E-state index contributed by atoms with van der Waals surface area (Å²) in [7, 11) is 0. The molecule has 0 aromatic heterocycles. The van der Waals surface area contributed by atoms with E-state index in [-0.39, 0.29) is 16.8 Å². The highest BCUT2D eigenvalue weighted by Gasteiger charge is 2.12. The maximum absolute atomic E-state index is 12.0. The second-order valence-electron chi connectivity index (χ2n) is 3.92. The van der Waals surface area contributed by atoms with Gasteiger partial charge in [0.2, 0.25) is 0 Å². The molecule has 0 fully saturated rings. The lowest BCUT2D eigenvalue weighted by atomic mass is 10.1. The quantitative estimate of drug-likeness (QED) is 0.683. The Hall–Kier alpha value is -3.20. The minimum Gasteiger partial charge on any atom is -0.322 e. The van der Waals surface area contributed by atoms with Gasteiger partial charge in [-0.1, -0.05) is 18.2 Å². The zero-order valence-electron chi connectivity index (χ0n) is 10.2. The van der Waals surface area contributed by atoms with Crippen LogP contribution >= 0.6 is 0 Å². The average molecular weight is 267 g/mol. The molecular formula is C14H9N3O3. The molecule has 0 spiro atoms. The van der Waals surface area contributed by atoms with Crippen molar-refractivity contribution in [3.8, 4) is 6.07 Å². The lowest BCUT2D eigenvalue weighted by Crippen LogP contribution is -2.13. The van der Waals surface area contributed by atoms with Crippen LogP contribution in [0, 0.1) is 21.4 Å². The standard InChI is InChI=1S/C14H9N3O3/c15-9-10-4-1-2-7-13(10)14(18)16-11-5-3-6-12(8-11)17(19)20/h1-8H,(H,16,18). The number of benzene rings is 2. The van der Waals surface area contributed by atoms with Gasteiger partial charge < -0.3 is 5.32 Å². The van der Waals surface area contributed by atoms with E-state index >= 15 is 0 Å². The molecule has 0 aliphatic heterocycles. The highest BCUT2D eigenvalue weighted by molar-refractivity contribution is 6.06. The summed E-state index contributed by atoms with van der Waals surface area (Å²) in [6.07, 6.45) is 0. The van der Waals surface area contributed by atoms with Crippen molar-refractivity contribution in [1.29, 1.82) is 5.26 Å². The molecule has 2 aromatic rings. The van der Waals surface area contributed by atoms with Gasteiger partial charge in [0.15, 0.2) is 0 Å². The summed E-state index contributed by atoms with van der Waals surface area (Å²) in [5, 5.41) is 22.1. The molecule has 0 bridgehead atoms. The van der Waals surface area contributed by atoms with E-state index < -0.39 is 10.8 Å². The van der Waals surface area contributed by atoms with Gasteiger partial charge in [-0.2, -0.15) is 5.26 Å². The summed E-state index contributed by atoms with van der Waals surface area (Å²) in [6, 6.07) is 13.9. The van der Waals surface area contributed by atoms with Crippen molar-refractivity contribution in [2.45, 2.75) is 0 Å². The smallest absolute Gasteiger partial charge is 0.271 e. The SMILES string of the molecule is N#Cc1ccccc1C(=O)Nc1cccc([N+](=O)[O-])c1. The van der Waals surface area contributed by atoms with Crippen LogP contribution in [0.25, 0.3) is 0 Å². The number of nitro groups is 1. The van der Waals surface area contributed by atoms with E-state index in [0.717, 1.165) is 0 Å². The van der Waals surface area contributed by atoms with Crippen molar-refractivity contribution in [2.24, 2.45) is 0 Å². The Morgan fingerprint density at radius 1 is 1.20 bits per heavy atom. The Balaban J connectivity index is 2.26. The van der Waals surface area contributed by atoms with Crippen LogP contribution < -0.4 is 5.32 Å². The summed E-state index contributed by atoms with van der Waals surface area (Å²) >= 11 is 0. The van der Waals surface area contributed by atoms with Crippen LogP contribution in [-0.2, 0) is 0 Å². The number of amides is 1. The molecule has 0 aliphatic carbocycles. The molecule has 0 unspecified atom stereocenters. The molecule has 0 aliphatic rings. The van der Waals surface area contributed by atoms with Gasteiger partial charge in [-0.15, -0.1) is 0 Å². The largest absolute Gasteiger partial charge is 0.322 e. The average Bonchev–Trinajstić information content (AvgIpc) is 2.47. The van der Waals surface area contributed by atoms with Crippen molar-refractivity contribution >= 4 is 17.3 Å². The predicted octanol–water partition coefficient (Wildman–Crippen LogP) is 2.72. The molecule has 20 heavy (non-hydrogen) atoms. The molecule has 6 heteroatoms. The number of rotatable bonds is 3. The fraction of sp³-hybridized carbons (Fsp3) is 0. The van der Waals surface area contributed by atoms with Crippen LogP contribution in [-0.4, -0.2) is 10.8 Å². The van der Waals surface area contributed by atoms with Gasteiger partial charge in [-0.3, -0.25) is 14.9 Å². The first-order valence-corrected chi connectivity index (χ1v) is 5.67. The van der Waals surface area contributed by atoms with Gasteiger partial charge in [-0.25, -0.2) is 0 Å². The molecule has 0 heterocycles. The van der Waals surface area contributed by atoms with Crippen molar-refractivity contribution < 1.29 is 9.72 Å². The molecule has 0 saturated carbocycles. The van der Waals surface area contributed by atoms with Crippen LogP contribution in [0.15, 0.2) is 48.5 Å². The lowest BCUT2D eigenvalue weighted by molar-refractivity contribution is -0.384. The molecule has 2 aromatic carbocycles. The second-order valence-corrected chi connectivity index (χ2v) is 3.92. The first-order valence-electron chi connectivity index (χ1n) is 5.67. The summed E-state index contributed by atoms with van der Waals surface area (Å²) in [6.45, 7) is 0. The van der Waals surface area contributed by atoms with E-state index in [1.54, 1.807) is 18.2 Å². The van der Waals surface area contributed by atoms with Gasteiger partial charge in [0.25, 0.3) is 11.6 Å². The van der Waals surface area contributed by atoms with Crippen molar-refractivity contribution in [2.75, 3.05) is 5.32 Å². The number of nitrogens with one attached hydrogen (secondary N) is 1. The Morgan fingerprint density at radius 2 is 1.95 bits per heavy atom. The zero-order chi connectivity index (χ0) is 14.5. The molecule has 0 radical (unpaired) electrons. The second kappa shape index (κ2) is 5.63. The molecule has 0 saturated heterocycles. The predicted molar refractivity (Wildman–Crippen MR) is 72.2 cm³/mol. The van der Waals surface area contributed by atoms with Crippen molar-refractivity contribution in [3.63, 3.8) is 0 Å². The van der Waals surface area contributed by atoms with Gasteiger partial charge in [0, 0.05) is 17.8 Å². The summed E-state index contributed by atoms with van der Waals surface area (Å²) in [4.78, 5) is 22.2. The number of hydrogen-bond acceptors (Lipinski definition) is 4. The summed E-state index contributed by atoms with van der Waals surface area (Å²) < 4.78 is 0. The minimum atomic E-state index is -0.543. The molecule has 6 nitrogen and oxygen atoms in total. The number of anilines is 1. The third-order valence-electron chi connectivity index (χ3n) is 2.61. The number of hydrogen-bond donors (Lipinski definition) is 1. The summed E-state index contributed by atoms with van der Waals surface area (Å²) in [5.74, 6) is -0.484. The topological polar surface area (TPSA) is 96.0 Å². The van der Waals surface area contributed by atoms with Crippen LogP contribution in [0.2, 0.25) is 0 Å². The van der Waals surface area contributed by atoms with E-state index in [1.165, 1.54) is 30.3 Å². The molecule has 1 amide bonds. The fourth-order valence-electron chi connectivity index (χ4n) is 1.67. The number of non-ortho nitro benzene ring substituents is 1. The van der Waals surface area contributed by atoms with Gasteiger partial charge in [0.05, 0.1) is 22.1 Å². The third-order valence-corrected chi connectivity index (χ3v) is 2.61. The minimum absolute atomic E-state index is 0.114. The van der Waals surface area contributed by atoms with E-state index in [4.69, 9.17) is 5.26 Å². The zero-order valence-corrected chi connectivity index (χ0v) is 10.2. The molecule has 98 valence electrons. The van der Waals surface area contributed by atoms with Crippen LogP contribution in [0.1, 0.15) is 15.9 Å². The van der Waals surface area contributed by atoms with E-state index in [0.29, 0.717) is 5.69 Å². The molecule has 1 N–H and O–H groups in total. The van der Waals surface area contributed by atoms with E-state index in [1.807, 2.05) is 6.07 Å². The monoisotopic (exact) mass is 267 g/mol. The lowest BCUT2D eigenvalue weighted by Gasteiger charge is -2.06. The van der Waals surface area contributed by atoms with Gasteiger partial charge in [-0.05, 0) is 18.2 Å². The Kier molecular flexibility index (Phi) is 3.72. The Morgan fingerprint density at radius 3 is 2.65 bits per heavy atom. The Labute approximate surface area is 114 Å². The normalized spacial score (nSPS) is 9.55. The van der Waals surface area contributed by atoms with Gasteiger partial charge >= 0.3 is 0 Å². The number of nitrogens with zero attached hydrogens (tertiary/aromatic N) is 2. The highest BCUT2D eigenvalue weighted by Crippen LogP contribution is 2.18. The number of carbonyl (C=O) groups excluding carboxylic acids is 1. The van der Waals surface area contributed by atoms with Crippen molar-refractivity contribution in [1.82, 2.24) is 0 Å². The van der Waals surface area contributed by atoms with Crippen LogP contribution in [0.3, 0.4) is 0 Å². The van der Waals surface area contributed by atoms with Gasteiger partial charge in [0.1, 0.15) is 0 Å². The molecule has 2 rings (SSSR count). The first kappa shape index (κ1) is 13.2. The molecule has 0 atom stereocenters. The summed E-state index contributed by atoms with van der Waals surface area (Å²) in [5.41, 5.74) is 0.658. The number of nitro benzene ring substituents is 1. The van der Waals surface area contributed by atoms with Crippen LogP contribution in [0.5, 0.6) is 0 Å². The highest BCUT2D eigenvalue weighted by atomic mass is 16.6. The first-order chi connectivity index (χ1) is 9.61. The number of carbonyl (C=O) groups is 1. The third kappa shape index (κ3) is 2.79. The van der Waals surface area contributed by atoms with E-state index in [2.05, 4.69) is 5.32 Å². The van der Waals surface area contributed by atoms with E-state index in [9.17, 15) is 14.9 Å². The Bertz CT molecular complexity index is 720. The maximum Gasteiger partial charge on any atom is 0.271 e. The van der Waals surface area contributed by atoms with Crippen LogP contribution in [0.4, 0.5) is 11.4 Å². The maximum atomic E-state index is 12.0. The van der Waals surface area contributed by atoms with Crippen molar-refractivity contribution in [3.05, 3.63) is 69.8 Å². The number of nitriles is 1. The molecular weight excluding hydrogens is 258 g/mol.